The van der Waals surface area contributed by atoms with Crippen molar-refractivity contribution >= 4 is 11.7 Å². The molecule has 1 aromatic rings. The molecule has 0 aromatic heterocycles. The van der Waals surface area contributed by atoms with E-state index in [-0.39, 0.29) is 5.92 Å². The van der Waals surface area contributed by atoms with E-state index in [0.29, 0.717) is 13.1 Å². The van der Waals surface area contributed by atoms with Crippen LogP contribution in [0.3, 0.4) is 0 Å². The molecule has 1 fully saturated rings. The van der Waals surface area contributed by atoms with Gasteiger partial charge in [0.05, 0.1) is 5.92 Å². The molecular formula is C11H14N2O2. The number of anilines is 1. The lowest BCUT2D eigenvalue weighted by Gasteiger charge is -2.36. The molecule has 0 aliphatic carbocycles. The van der Waals surface area contributed by atoms with Crippen LogP contribution in [0.15, 0.2) is 24.3 Å². The number of aliphatic carboxylic acids is 1. The zero-order valence-electron chi connectivity index (χ0n) is 8.39. The molecule has 80 valence electrons. The maximum Gasteiger partial charge on any atom is 0.309 e. The van der Waals surface area contributed by atoms with Crippen LogP contribution in [0, 0.1) is 5.92 Å². The highest BCUT2D eigenvalue weighted by molar-refractivity contribution is 5.71. The zero-order valence-corrected chi connectivity index (χ0v) is 8.39. The normalized spacial score (nSPS) is 17.3. The molecular weight excluding hydrogens is 192 g/mol. The lowest BCUT2D eigenvalue weighted by Crippen LogP contribution is -2.49. The van der Waals surface area contributed by atoms with Crippen molar-refractivity contribution in [1.29, 1.82) is 0 Å². The van der Waals surface area contributed by atoms with Crippen LogP contribution in [-0.2, 0) is 11.3 Å². The highest BCUT2D eigenvalue weighted by atomic mass is 16.4. The van der Waals surface area contributed by atoms with Gasteiger partial charge in [-0.25, -0.2) is 0 Å². The quantitative estimate of drug-likeness (QED) is 0.717. The molecule has 4 nitrogen and oxygen atoms in total. The molecule has 0 atom stereocenters. The van der Waals surface area contributed by atoms with Crippen molar-refractivity contribution in [2.24, 2.45) is 5.92 Å². The monoisotopic (exact) mass is 206 g/mol. The fourth-order valence-electron chi connectivity index (χ4n) is 1.74. The summed E-state index contributed by atoms with van der Waals surface area (Å²) in [5.74, 6) is -0.873. The summed E-state index contributed by atoms with van der Waals surface area (Å²) in [6, 6.07) is 7.68. The summed E-state index contributed by atoms with van der Waals surface area (Å²) in [4.78, 5) is 12.7. The van der Waals surface area contributed by atoms with Gasteiger partial charge >= 0.3 is 5.97 Å². The van der Waals surface area contributed by atoms with Gasteiger partial charge in [0.15, 0.2) is 0 Å². The summed E-state index contributed by atoms with van der Waals surface area (Å²) < 4.78 is 0. The summed E-state index contributed by atoms with van der Waals surface area (Å²) >= 11 is 0. The van der Waals surface area contributed by atoms with E-state index < -0.39 is 5.97 Å². The highest BCUT2D eigenvalue weighted by Crippen LogP contribution is 2.19. The molecule has 0 saturated carbocycles. The first-order chi connectivity index (χ1) is 7.15. The largest absolute Gasteiger partial charge is 0.481 e. The maximum absolute atomic E-state index is 10.6. The molecule has 0 unspecified atom stereocenters. The van der Waals surface area contributed by atoms with Gasteiger partial charge in [0.2, 0.25) is 0 Å². The third-order valence-electron chi connectivity index (χ3n) is 2.69. The van der Waals surface area contributed by atoms with Crippen LogP contribution in [0.5, 0.6) is 0 Å². The van der Waals surface area contributed by atoms with E-state index in [1.54, 1.807) is 0 Å². The van der Waals surface area contributed by atoms with Crippen molar-refractivity contribution < 1.29 is 9.90 Å². The van der Waals surface area contributed by atoms with Gasteiger partial charge in [0.25, 0.3) is 0 Å². The average molecular weight is 206 g/mol. The first-order valence-electron chi connectivity index (χ1n) is 4.95. The number of rotatable bonds is 3. The summed E-state index contributed by atoms with van der Waals surface area (Å²) in [5, 5.41) is 8.71. The Labute approximate surface area is 88.3 Å². The molecule has 1 heterocycles. The number of nitrogen functional groups attached to an aromatic ring is 1. The van der Waals surface area contributed by atoms with Gasteiger partial charge in [-0.15, -0.1) is 0 Å². The molecule has 1 aromatic carbocycles. The Hall–Kier alpha value is -1.55. The number of nitrogens with zero attached hydrogens (tertiary/aromatic N) is 1. The number of hydrogen-bond acceptors (Lipinski definition) is 3. The van der Waals surface area contributed by atoms with E-state index in [1.165, 1.54) is 5.56 Å². The van der Waals surface area contributed by atoms with Gasteiger partial charge in [-0.1, -0.05) is 12.1 Å². The van der Waals surface area contributed by atoms with Crippen molar-refractivity contribution in [1.82, 2.24) is 4.90 Å². The van der Waals surface area contributed by atoms with E-state index in [4.69, 9.17) is 10.8 Å². The fraction of sp³-hybridized carbons (Fsp3) is 0.364. The first kappa shape index (κ1) is 9.98. The maximum atomic E-state index is 10.6. The van der Waals surface area contributed by atoms with E-state index >= 15 is 0 Å². The van der Waals surface area contributed by atoms with Crippen molar-refractivity contribution in [3.63, 3.8) is 0 Å². The second-order valence-electron chi connectivity index (χ2n) is 3.97. The van der Waals surface area contributed by atoms with Crippen molar-refractivity contribution in [3.8, 4) is 0 Å². The van der Waals surface area contributed by atoms with Crippen molar-refractivity contribution in [2.45, 2.75) is 6.54 Å². The second-order valence-corrected chi connectivity index (χ2v) is 3.97. The number of benzene rings is 1. The Morgan fingerprint density at radius 1 is 1.40 bits per heavy atom. The first-order valence-corrected chi connectivity index (χ1v) is 4.95. The minimum atomic E-state index is -0.691. The Bertz CT molecular complexity index is 355. The van der Waals surface area contributed by atoms with Crippen LogP contribution in [0.25, 0.3) is 0 Å². The molecule has 0 radical (unpaired) electrons. The molecule has 3 N–H and O–H groups in total. The SMILES string of the molecule is Nc1ccc(CN2CC(C(=O)O)C2)cc1. The van der Waals surface area contributed by atoms with Gasteiger partial charge in [-0.05, 0) is 17.7 Å². The molecule has 0 spiro atoms. The molecule has 1 saturated heterocycles. The van der Waals surface area contributed by atoms with Crippen LogP contribution in [0.4, 0.5) is 5.69 Å². The van der Waals surface area contributed by atoms with Crippen LogP contribution >= 0.6 is 0 Å². The summed E-state index contributed by atoms with van der Waals surface area (Å²) in [7, 11) is 0. The van der Waals surface area contributed by atoms with Gasteiger partial charge in [0, 0.05) is 25.3 Å². The highest BCUT2D eigenvalue weighted by Gasteiger charge is 2.31. The molecule has 0 amide bonds. The molecule has 1 aliphatic rings. The number of carboxylic acid groups (broad SMARTS) is 1. The average Bonchev–Trinajstić information content (AvgIpc) is 2.13. The number of carbonyl (C=O) groups is 1. The predicted molar refractivity (Wildman–Crippen MR) is 57.3 cm³/mol. The Kier molecular flexibility index (Phi) is 2.60. The van der Waals surface area contributed by atoms with E-state index in [1.807, 2.05) is 24.3 Å². The van der Waals surface area contributed by atoms with Gasteiger partial charge in [0.1, 0.15) is 0 Å². The molecule has 2 rings (SSSR count). The van der Waals surface area contributed by atoms with Crippen molar-refractivity contribution in [2.75, 3.05) is 18.8 Å². The lowest BCUT2D eigenvalue weighted by atomic mass is 9.99. The Morgan fingerprint density at radius 3 is 2.53 bits per heavy atom. The topological polar surface area (TPSA) is 66.6 Å². The van der Waals surface area contributed by atoms with Gasteiger partial charge < -0.3 is 10.8 Å². The minimum absolute atomic E-state index is 0.182. The minimum Gasteiger partial charge on any atom is -0.481 e. The second kappa shape index (κ2) is 3.90. The smallest absolute Gasteiger partial charge is 0.309 e. The number of carboxylic acids is 1. The predicted octanol–water partition coefficient (Wildman–Crippen LogP) is 0.785. The summed E-state index contributed by atoms with van der Waals surface area (Å²) in [5.41, 5.74) is 7.50. The lowest BCUT2D eigenvalue weighted by molar-refractivity contribution is -0.147. The molecule has 0 bridgehead atoms. The van der Waals surface area contributed by atoms with E-state index in [9.17, 15) is 4.79 Å². The summed E-state index contributed by atoms with van der Waals surface area (Å²) in [6.07, 6.45) is 0. The van der Waals surface area contributed by atoms with Crippen LogP contribution < -0.4 is 5.73 Å². The van der Waals surface area contributed by atoms with Crippen LogP contribution in [0.1, 0.15) is 5.56 Å². The standard InChI is InChI=1S/C11H14N2O2/c12-10-3-1-8(2-4-10)5-13-6-9(7-13)11(14)15/h1-4,9H,5-7,12H2,(H,14,15). The third kappa shape index (κ3) is 2.27. The Balaban J connectivity index is 1.85. The molecule has 15 heavy (non-hydrogen) atoms. The van der Waals surface area contributed by atoms with Crippen LogP contribution in [0.2, 0.25) is 0 Å². The van der Waals surface area contributed by atoms with Gasteiger partial charge in [-0.2, -0.15) is 0 Å². The van der Waals surface area contributed by atoms with Crippen molar-refractivity contribution in [3.05, 3.63) is 29.8 Å². The van der Waals surface area contributed by atoms with E-state index in [0.717, 1.165) is 12.2 Å². The Morgan fingerprint density at radius 2 is 2.00 bits per heavy atom. The molecule has 1 aliphatic heterocycles. The zero-order chi connectivity index (χ0) is 10.8. The van der Waals surface area contributed by atoms with E-state index in [2.05, 4.69) is 4.90 Å². The number of nitrogens with two attached hydrogens (primary N) is 1. The van der Waals surface area contributed by atoms with Crippen LogP contribution in [-0.4, -0.2) is 29.1 Å². The number of hydrogen-bond donors (Lipinski definition) is 2. The fourth-order valence-corrected chi connectivity index (χ4v) is 1.74. The summed E-state index contributed by atoms with van der Waals surface area (Å²) in [6.45, 7) is 2.11. The van der Waals surface area contributed by atoms with Gasteiger partial charge in [-0.3, -0.25) is 9.69 Å². The third-order valence-corrected chi connectivity index (χ3v) is 2.69. The number of likely N-dealkylation sites (tertiary alicyclic amines) is 1. The molecule has 4 heteroatoms.